The minimum absolute atomic E-state index is 0.303. The zero-order valence-electron chi connectivity index (χ0n) is 16.7. The Morgan fingerprint density at radius 1 is 1.21 bits per heavy atom. The van der Waals surface area contributed by atoms with E-state index >= 15 is 0 Å². The van der Waals surface area contributed by atoms with Gasteiger partial charge in [0, 0.05) is 24.1 Å². The Labute approximate surface area is 168 Å². The fraction of sp³-hybridized carbons (Fsp3) is 0.333. The average Bonchev–Trinajstić information content (AvgIpc) is 3.51. The molecule has 1 saturated carbocycles. The Morgan fingerprint density at radius 3 is 2.66 bits per heavy atom. The molecule has 1 aliphatic carbocycles. The van der Waals surface area contributed by atoms with Crippen LogP contribution in [0.3, 0.4) is 0 Å². The van der Waals surface area contributed by atoms with Gasteiger partial charge in [-0.25, -0.2) is 4.79 Å². The summed E-state index contributed by atoms with van der Waals surface area (Å²) in [6, 6.07) is 13.5. The lowest BCUT2D eigenvalue weighted by molar-refractivity contribution is 0.212. The number of rotatable bonds is 7. The molecule has 150 valence electrons. The van der Waals surface area contributed by atoms with E-state index in [1.54, 1.807) is 14.2 Å². The molecule has 4 rings (SSSR count). The van der Waals surface area contributed by atoms with E-state index < -0.39 is 0 Å². The van der Waals surface area contributed by atoms with Crippen molar-refractivity contribution in [2.75, 3.05) is 7.11 Å². The van der Waals surface area contributed by atoms with Crippen molar-refractivity contribution in [3.63, 3.8) is 0 Å². The van der Waals surface area contributed by atoms with E-state index in [0.717, 1.165) is 41.0 Å². The number of hydrogen-bond donors (Lipinski definition) is 0. The maximum absolute atomic E-state index is 12.2. The normalized spacial score (nSPS) is 14.1. The van der Waals surface area contributed by atoms with E-state index in [2.05, 4.69) is 21.6 Å². The molecule has 1 aliphatic rings. The monoisotopic (exact) mass is 393 g/mol. The van der Waals surface area contributed by atoms with Crippen molar-refractivity contribution in [1.29, 1.82) is 0 Å². The highest BCUT2D eigenvalue weighted by Crippen LogP contribution is 2.34. The molecule has 0 amide bonds. The van der Waals surface area contributed by atoms with Crippen LogP contribution in [0.5, 0.6) is 5.75 Å². The second kappa shape index (κ2) is 7.90. The zero-order chi connectivity index (χ0) is 20.4. The third-order valence-corrected chi connectivity index (χ3v) is 4.95. The molecule has 2 aromatic carbocycles. The SMILES string of the molecule is CON=C(c1ccc(OCc2ccccc2-n2nnn(C)c2=O)c(C)c1)C1CC1. The summed E-state index contributed by atoms with van der Waals surface area (Å²) in [6.45, 7) is 2.32. The minimum Gasteiger partial charge on any atom is -0.489 e. The summed E-state index contributed by atoms with van der Waals surface area (Å²) >= 11 is 0. The number of para-hydroxylation sites is 1. The molecule has 29 heavy (non-hydrogen) atoms. The molecule has 0 spiro atoms. The van der Waals surface area contributed by atoms with Crippen molar-refractivity contribution in [3.8, 4) is 11.4 Å². The van der Waals surface area contributed by atoms with E-state index in [9.17, 15) is 4.79 Å². The maximum Gasteiger partial charge on any atom is 0.368 e. The number of aromatic nitrogens is 4. The number of oxime groups is 1. The molecule has 3 aromatic rings. The van der Waals surface area contributed by atoms with Gasteiger partial charge in [0.05, 0.1) is 11.4 Å². The average molecular weight is 393 g/mol. The van der Waals surface area contributed by atoms with E-state index in [1.807, 2.05) is 43.3 Å². The van der Waals surface area contributed by atoms with Crippen molar-refractivity contribution in [2.45, 2.75) is 26.4 Å². The topological polar surface area (TPSA) is 83.5 Å². The van der Waals surface area contributed by atoms with Gasteiger partial charge in [-0.1, -0.05) is 23.4 Å². The van der Waals surface area contributed by atoms with Crippen molar-refractivity contribution in [3.05, 3.63) is 69.6 Å². The first-order chi connectivity index (χ1) is 14.1. The predicted molar refractivity (Wildman–Crippen MR) is 108 cm³/mol. The van der Waals surface area contributed by atoms with Gasteiger partial charge in [-0.15, -0.1) is 0 Å². The van der Waals surface area contributed by atoms with Gasteiger partial charge in [0.15, 0.2) is 0 Å². The summed E-state index contributed by atoms with van der Waals surface area (Å²) in [6.07, 6.45) is 2.30. The van der Waals surface area contributed by atoms with E-state index in [1.165, 1.54) is 9.36 Å². The number of benzene rings is 2. The molecule has 8 heteroatoms. The molecular formula is C21H23N5O3. The molecule has 1 aromatic heterocycles. The highest BCUT2D eigenvalue weighted by molar-refractivity contribution is 6.03. The minimum atomic E-state index is -0.303. The van der Waals surface area contributed by atoms with Crippen molar-refractivity contribution < 1.29 is 9.57 Å². The number of hydrogen-bond acceptors (Lipinski definition) is 6. The standard InChI is InChI=1S/C21H23N5O3/c1-14-12-16(20(22-28-3)15-8-9-15)10-11-19(14)29-13-17-6-4-5-7-18(17)26-21(27)25(2)23-24-26/h4-7,10-12,15H,8-9,13H2,1-3H3. The molecule has 0 radical (unpaired) electrons. The van der Waals surface area contributed by atoms with Gasteiger partial charge in [0.25, 0.3) is 0 Å². The van der Waals surface area contributed by atoms with Crippen LogP contribution in [-0.2, 0) is 18.5 Å². The number of ether oxygens (including phenoxy) is 1. The summed E-state index contributed by atoms with van der Waals surface area (Å²) in [5.74, 6) is 1.26. The van der Waals surface area contributed by atoms with Crippen LogP contribution >= 0.6 is 0 Å². The summed E-state index contributed by atoms with van der Waals surface area (Å²) in [5, 5.41) is 11.9. The smallest absolute Gasteiger partial charge is 0.368 e. The first kappa shape index (κ1) is 18.9. The lowest BCUT2D eigenvalue weighted by Crippen LogP contribution is -2.23. The molecule has 1 fully saturated rings. The second-order valence-electron chi connectivity index (χ2n) is 7.13. The molecule has 0 atom stereocenters. The van der Waals surface area contributed by atoms with Crippen molar-refractivity contribution in [2.24, 2.45) is 18.1 Å². The van der Waals surface area contributed by atoms with Crippen molar-refractivity contribution in [1.82, 2.24) is 19.8 Å². The van der Waals surface area contributed by atoms with Gasteiger partial charge >= 0.3 is 5.69 Å². The Hall–Kier alpha value is -3.42. The Morgan fingerprint density at radius 2 is 2.00 bits per heavy atom. The largest absolute Gasteiger partial charge is 0.489 e. The molecule has 0 aliphatic heterocycles. The number of aryl methyl sites for hydroxylation is 2. The predicted octanol–water partition coefficient (Wildman–Crippen LogP) is 2.61. The van der Waals surface area contributed by atoms with E-state index in [4.69, 9.17) is 9.57 Å². The lowest BCUT2D eigenvalue weighted by atomic mass is 10.0. The molecule has 0 bridgehead atoms. The van der Waals surface area contributed by atoms with Gasteiger partial charge in [-0.3, -0.25) is 0 Å². The van der Waals surface area contributed by atoms with Crippen LogP contribution in [0.2, 0.25) is 0 Å². The Kier molecular flexibility index (Phi) is 5.16. The Bertz CT molecular complexity index is 1110. The molecule has 0 saturated heterocycles. The van der Waals surface area contributed by atoms with Crippen LogP contribution in [0.1, 0.15) is 29.5 Å². The third-order valence-electron chi connectivity index (χ3n) is 4.95. The van der Waals surface area contributed by atoms with E-state index in [0.29, 0.717) is 18.2 Å². The molecule has 1 heterocycles. The zero-order valence-corrected chi connectivity index (χ0v) is 16.7. The highest BCUT2D eigenvalue weighted by atomic mass is 16.6. The van der Waals surface area contributed by atoms with Crippen LogP contribution in [0, 0.1) is 12.8 Å². The first-order valence-electron chi connectivity index (χ1n) is 9.50. The number of nitrogens with zero attached hydrogens (tertiary/aromatic N) is 5. The lowest BCUT2D eigenvalue weighted by Gasteiger charge is -2.13. The van der Waals surface area contributed by atoms with E-state index in [-0.39, 0.29) is 5.69 Å². The van der Waals surface area contributed by atoms with Crippen LogP contribution < -0.4 is 10.4 Å². The molecule has 0 N–H and O–H groups in total. The highest BCUT2D eigenvalue weighted by Gasteiger charge is 2.29. The Balaban J connectivity index is 1.55. The van der Waals surface area contributed by atoms with Gasteiger partial charge < -0.3 is 9.57 Å². The molecule has 0 unspecified atom stereocenters. The summed E-state index contributed by atoms with van der Waals surface area (Å²) in [7, 11) is 3.14. The van der Waals surface area contributed by atoms with Gasteiger partial charge in [0.2, 0.25) is 0 Å². The van der Waals surface area contributed by atoms with Gasteiger partial charge in [-0.2, -0.15) is 9.36 Å². The quantitative estimate of drug-likeness (QED) is 0.455. The van der Waals surface area contributed by atoms with Crippen molar-refractivity contribution >= 4 is 5.71 Å². The van der Waals surface area contributed by atoms with Crippen LogP contribution in [0.25, 0.3) is 5.69 Å². The summed E-state index contributed by atoms with van der Waals surface area (Å²) in [4.78, 5) is 17.2. The maximum atomic E-state index is 12.2. The molecular weight excluding hydrogens is 370 g/mol. The van der Waals surface area contributed by atoms with Crippen LogP contribution in [0.15, 0.2) is 52.4 Å². The second-order valence-corrected chi connectivity index (χ2v) is 7.13. The number of tetrazole rings is 1. The third kappa shape index (κ3) is 3.91. The summed E-state index contributed by atoms with van der Waals surface area (Å²) < 4.78 is 8.53. The van der Waals surface area contributed by atoms with Gasteiger partial charge in [-0.05, 0) is 60.0 Å². The summed E-state index contributed by atoms with van der Waals surface area (Å²) in [5.41, 5.74) is 4.27. The fourth-order valence-electron chi connectivity index (χ4n) is 3.25. The fourth-order valence-corrected chi connectivity index (χ4v) is 3.25. The molecule has 8 nitrogen and oxygen atoms in total. The van der Waals surface area contributed by atoms with Crippen LogP contribution in [-0.4, -0.2) is 32.6 Å². The first-order valence-corrected chi connectivity index (χ1v) is 9.50. The van der Waals surface area contributed by atoms with Gasteiger partial charge in [0.1, 0.15) is 19.5 Å². The van der Waals surface area contributed by atoms with Crippen LogP contribution in [0.4, 0.5) is 0 Å².